The Labute approximate surface area is 919 Å². The minimum Gasteiger partial charge on any atom is -1.00 e. The third-order valence-electron chi connectivity index (χ3n) is 46.3. The number of hydrogen-bond donors (Lipinski definition) is 4. The molecule has 0 radical (unpaired) electrons. The maximum absolute atomic E-state index is 12.5. The summed E-state index contributed by atoms with van der Waals surface area (Å²) in [7, 11) is 0. The fourth-order valence-corrected chi connectivity index (χ4v) is 39.8. The number of aliphatic hydroxyl groups is 4. The summed E-state index contributed by atoms with van der Waals surface area (Å²) >= 11 is 8.93. The van der Waals surface area contributed by atoms with Crippen molar-refractivity contribution in [2.75, 3.05) is 5.33 Å². The van der Waals surface area contributed by atoms with Crippen LogP contribution >= 0.6 is 44.2 Å². The molecular formula is C123H219Br4MgN3O10. The largest absolute Gasteiger partial charge is 2.00 e. The molecule has 21 rings (SSSR count). The summed E-state index contributed by atoms with van der Waals surface area (Å²) in [5, 5.41) is 56.9. The van der Waals surface area contributed by atoms with Crippen LogP contribution in [0.15, 0.2) is 21.9 Å². The van der Waals surface area contributed by atoms with Crippen LogP contribution in [0.1, 0.15) is 475 Å². The number of allylic oxidation sites excluding steroid dienone is 1. The summed E-state index contributed by atoms with van der Waals surface area (Å²) in [5.41, 5.74) is 4.00. The number of fused-ring (bicyclic) bond motifs is 25. The number of aliphatic hydroxyl groups excluding tert-OH is 2. The van der Waals surface area contributed by atoms with Gasteiger partial charge in [-0.3, -0.25) is 28.8 Å². The standard InChI is InChI=1S/C22H35BrO2.C22H36O2.C21H34O2.2C21H32O2.C4H3N3.11CH4.CH3.Br2.BrH.Mg/c1-20(25)10-11-21(2)14(12-20)4-5-15-16-6-7-18(19(24)13-23)22(16,3)9-8-17(15)21;1-14(23)17-7-8-18-16-6-5-15-13-20(2,24)11-12-21(15,3)19(16)9-10-22(17,18)4;3*1-13(22)17-6-7-18-16-5-4-14-12-15(23)8-10-20(14,2)19(16)9-11-21(17,18)3;5-1-4-2-6-7-3-4;;;;;;;;;;;;;1-2;;/h14-18,25H,4-13H2,1-3H3;15-19,24H,5-13H2,1-4H3;14-19,23H,4-12H2,1-3H3;14,16-19H,4-12H2,1-3H3;4,15-19,23H,5-12H2,1-3H3;2-4H;11*1H4;1H3;;1H;/q;;;;;;;;;;;;;;;;;-1;;;+2/p-1/t14-,15-,16-,17-,18+,20+,21-,22-;15-,16-,17+,18-,19-,20+,21-,22+;14?,15-,16-,17+,18-,19-,20-,21+;14-,16-,17+,18-,19-,20-,21+;15-,16-,17+,18-,19-,20-,21+;;;;;;;;;;;;;;;;/m00000................/s1. The molecular weight excluding hydrogens is 2020 g/mol. The van der Waals surface area contributed by atoms with E-state index in [0.29, 0.717) is 109 Å². The number of nitrogens with zero attached hydrogens (tertiary/aromatic N) is 3. The molecule has 0 amide bonds. The molecule has 21 aliphatic rings. The first-order valence-electron chi connectivity index (χ1n) is 52.6. The first kappa shape index (κ1) is 138. The van der Waals surface area contributed by atoms with Gasteiger partial charge < -0.3 is 44.8 Å². The Kier molecular flexibility index (Phi) is 51.8. The fourth-order valence-electron chi connectivity index (χ4n) is 39.4. The van der Waals surface area contributed by atoms with E-state index in [9.17, 15) is 49.2 Å². The Balaban J connectivity index is 0.000000841. The van der Waals surface area contributed by atoms with E-state index >= 15 is 0 Å². The molecule has 20 aliphatic carbocycles. The van der Waals surface area contributed by atoms with Crippen molar-refractivity contribution >= 4 is 114 Å². The van der Waals surface area contributed by atoms with E-state index < -0.39 is 11.2 Å². The van der Waals surface area contributed by atoms with Crippen molar-refractivity contribution in [3.63, 3.8) is 0 Å². The van der Waals surface area contributed by atoms with Crippen molar-refractivity contribution in [1.82, 2.24) is 0 Å². The molecule has 0 spiro atoms. The van der Waals surface area contributed by atoms with Crippen LogP contribution in [0.2, 0.25) is 0 Å². The smallest absolute Gasteiger partial charge is 1.00 e. The van der Waals surface area contributed by atoms with Gasteiger partial charge in [0.25, 0.3) is 0 Å². The molecule has 19 fully saturated rings. The molecule has 0 bridgehead atoms. The molecule has 1 heterocycles. The number of hydrogen-bond acceptors (Lipinski definition) is 13. The summed E-state index contributed by atoms with van der Waals surface area (Å²) in [5.74, 6) is 18.7. The number of ketones is 6. The summed E-state index contributed by atoms with van der Waals surface area (Å²) < 4.78 is 0. The van der Waals surface area contributed by atoms with Gasteiger partial charge >= 0.3 is 23.1 Å². The SMILES string of the molecule is BrBr.C.C.C.C.C.C.C.C.C.C.C.CC(=O)[C@H]1CC[C@H]2[C@@H]3CC=C4C[C@@H](O)CC[C@]4(C)[C@H]3CC[C@]12C.CC(=O)[C@H]1CC[C@H]2[C@@H]3CCC4C[C@@H](O)CC[C@]4(C)[C@H]3CC[C@]12C.CC(=O)[C@H]1CC[C@H]2[C@@H]3CC[C@H]4CC(=O)CC[C@]4(C)[C@H]3CC[C@]12C.CC(=O)[C@H]1CC[C@H]2[C@@H]3CC[C@H]4C[C@](C)(O)CC[C@]4(C)[C@H]3CC[C@]12C.C[C@@]1(O)CC[C@@]2(C)[C@@H](CC[C@@H]3[C@@H]2CC[C@]2(C)[C@@H](C(=O)CBr)CC[C@@H]32)C1.N#CC1C=NN=C1.[Br-].[CH3-].[Mg+2]. The molecule has 0 aromatic heterocycles. The average molecular weight is 2240 g/mol. The quantitative estimate of drug-likeness (QED) is 0.0845. The average Bonchev–Trinajstić information content (AvgIpc) is 1.64. The van der Waals surface area contributed by atoms with Gasteiger partial charge in [-0.05, 0) is 478 Å². The summed E-state index contributed by atoms with van der Waals surface area (Å²) in [4.78, 5) is 73.1. The number of carbonyl (C=O) groups is 6. The van der Waals surface area contributed by atoms with Crippen LogP contribution in [0.5, 0.6) is 0 Å². The molecule has 18 heteroatoms. The van der Waals surface area contributed by atoms with E-state index in [-0.39, 0.29) is 180 Å². The molecule has 141 heavy (non-hydrogen) atoms. The predicted octanol–water partition coefficient (Wildman–Crippen LogP) is 30.2. The second kappa shape index (κ2) is 52.8. The first-order valence-corrected chi connectivity index (χ1v) is 57.5. The number of rotatable bonds is 6. The fraction of sp³-hybridized carbons (Fsp3) is 0.902. The second-order valence-corrected chi connectivity index (χ2v) is 52.0. The van der Waals surface area contributed by atoms with Gasteiger partial charge in [0.2, 0.25) is 0 Å². The molecule has 0 saturated heterocycles. The normalized spacial score (nSPS) is 46.5. The second-order valence-electron chi connectivity index (χ2n) is 51.5. The summed E-state index contributed by atoms with van der Waals surface area (Å²) in [6.45, 7) is 36.1. The monoisotopic (exact) mass is 2240 g/mol. The molecule has 0 aromatic carbocycles. The Hall–Kier alpha value is -0.884. The number of nitriles is 1. The van der Waals surface area contributed by atoms with E-state index in [4.69, 9.17) is 5.26 Å². The number of halogens is 4. The van der Waals surface area contributed by atoms with Crippen molar-refractivity contribution in [2.45, 2.75) is 498 Å². The van der Waals surface area contributed by atoms with Crippen LogP contribution in [0.25, 0.3) is 0 Å². The van der Waals surface area contributed by atoms with E-state index in [1.54, 1.807) is 5.57 Å². The van der Waals surface area contributed by atoms with Gasteiger partial charge in [0.15, 0.2) is 0 Å². The third kappa shape index (κ3) is 24.9. The predicted molar refractivity (Wildman–Crippen MR) is 606 cm³/mol. The van der Waals surface area contributed by atoms with Crippen molar-refractivity contribution in [3.05, 3.63) is 19.1 Å². The van der Waals surface area contributed by atoms with Gasteiger partial charge in [-0.25, -0.2) is 0 Å². The molecule has 13 nitrogen and oxygen atoms in total. The third-order valence-corrected chi connectivity index (χ3v) is 46.8. The zero-order valence-electron chi connectivity index (χ0n) is 83.9. The van der Waals surface area contributed by atoms with Gasteiger partial charge in [0, 0.05) is 83.1 Å². The molecule has 19 saturated carbocycles. The van der Waals surface area contributed by atoms with Crippen LogP contribution in [0, 0.1) is 221 Å². The summed E-state index contributed by atoms with van der Waals surface area (Å²) in [6, 6.07) is 1.97. The molecule has 0 aromatic rings. The Morgan fingerprint density at radius 3 is 1.01 bits per heavy atom. The van der Waals surface area contributed by atoms with Gasteiger partial charge in [0.05, 0.1) is 34.8 Å². The molecule has 816 valence electrons. The van der Waals surface area contributed by atoms with E-state index in [1.807, 2.05) is 47.6 Å². The van der Waals surface area contributed by atoms with Crippen LogP contribution in [0.4, 0.5) is 0 Å². The molecule has 1 aliphatic heterocycles. The molecule has 1 unspecified atom stereocenters. The van der Waals surface area contributed by atoms with Crippen LogP contribution < -0.4 is 17.0 Å². The minimum atomic E-state index is -0.444. The number of alkyl halides is 1. The van der Waals surface area contributed by atoms with Gasteiger partial charge in [-0.15, -0.1) is 0 Å². The zero-order valence-corrected chi connectivity index (χ0v) is 91.7. The van der Waals surface area contributed by atoms with Crippen LogP contribution in [-0.2, 0) is 28.8 Å². The van der Waals surface area contributed by atoms with Crippen molar-refractivity contribution < 1.29 is 66.2 Å². The maximum atomic E-state index is 12.5. The summed E-state index contributed by atoms with van der Waals surface area (Å²) in [6.07, 6.45) is 57.1. The number of carbonyl (C=O) groups excluding carboxylic acids is 6. The maximum Gasteiger partial charge on any atom is 2.00 e. The van der Waals surface area contributed by atoms with Crippen molar-refractivity contribution in [1.29, 1.82) is 5.26 Å². The van der Waals surface area contributed by atoms with Crippen molar-refractivity contribution in [2.24, 2.45) is 212 Å². The van der Waals surface area contributed by atoms with Gasteiger partial charge in [-0.2, -0.15) is 15.5 Å². The Morgan fingerprint density at radius 1 is 0.369 bits per heavy atom. The van der Waals surface area contributed by atoms with E-state index in [1.165, 1.54) is 186 Å². The van der Waals surface area contributed by atoms with Crippen molar-refractivity contribution in [3.8, 4) is 6.07 Å². The van der Waals surface area contributed by atoms with Crippen LogP contribution in [-0.4, -0.2) is 119 Å². The topological polar surface area (TPSA) is 232 Å². The van der Waals surface area contributed by atoms with Gasteiger partial charge in [0.1, 0.15) is 40.6 Å². The Bertz CT molecular complexity index is 4170. The van der Waals surface area contributed by atoms with Crippen LogP contribution in [0.3, 0.4) is 0 Å². The Morgan fingerprint density at radius 2 is 0.667 bits per heavy atom. The first-order chi connectivity index (χ1) is 59.9. The minimum absolute atomic E-state index is 0. The van der Waals surface area contributed by atoms with E-state index in [2.05, 4.69) is 130 Å². The number of Topliss-reactive ketones (excluding diaryl/α,β-unsaturated/α-hetero) is 6. The van der Waals surface area contributed by atoms with Gasteiger partial charge in [-0.1, -0.05) is 179 Å². The molecule has 4 N–H and O–H groups in total. The zero-order chi connectivity index (χ0) is 91.7. The molecule has 38 atom stereocenters. The van der Waals surface area contributed by atoms with E-state index in [0.717, 1.165) is 204 Å².